The van der Waals surface area contributed by atoms with Crippen LogP contribution in [-0.4, -0.2) is 41.9 Å². The molecule has 1 spiro atoms. The van der Waals surface area contributed by atoms with Crippen LogP contribution in [0.25, 0.3) is 0 Å². The molecule has 0 radical (unpaired) electrons. The molecule has 0 aromatic heterocycles. The first kappa shape index (κ1) is 19.3. The molecule has 3 atom stereocenters. The lowest BCUT2D eigenvalue weighted by atomic mass is 9.69. The van der Waals surface area contributed by atoms with Crippen LogP contribution >= 0.6 is 11.6 Å². The highest BCUT2D eigenvalue weighted by Gasteiger charge is 2.53. The molecule has 1 aliphatic carbocycles. The third-order valence-corrected chi connectivity index (χ3v) is 6.59. The Kier molecular flexibility index (Phi) is 4.64. The van der Waals surface area contributed by atoms with Gasteiger partial charge in [0.05, 0.1) is 18.6 Å². The summed E-state index contributed by atoms with van der Waals surface area (Å²) >= 11 is 5.94. The summed E-state index contributed by atoms with van der Waals surface area (Å²) in [5.74, 6) is 1.42. The Bertz CT molecular complexity index is 1020. The first-order chi connectivity index (χ1) is 14.5. The number of urea groups is 1. The van der Waals surface area contributed by atoms with Crippen molar-refractivity contribution in [3.8, 4) is 11.5 Å². The van der Waals surface area contributed by atoms with E-state index < -0.39 is 6.10 Å². The lowest BCUT2D eigenvalue weighted by Gasteiger charge is -2.35. The van der Waals surface area contributed by atoms with Crippen LogP contribution in [0.2, 0.25) is 5.02 Å². The molecule has 0 bridgehead atoms. The Morgan fingerprint density at radius 2 is 2.10 bits per heavy atom. The Balaban J connectivity index is 1.50. The van der Waals surface area contributed by atoms with Crippen molar-refractivity contribution >= 4 is 23.3 Å². The fourth-order valence-electron chi connectivity index (χ4n) is 4.85. The molecule has 0 fully saturated rings. The van der Waals surface area contributed by atoms with Crippen LogP contribution in [0.15, 0.2) is 48.6 Å². The molecular formula is C23H23ClN2O4. The van der Waals surface area contributed by atoms with Gasteiger partial charge in [-0.25, -0.2) is 4.79 Å². The van der Waals surface area contributed by atoms with Crippen LogP contribution in [0, 0.1) is 0 Å². The smallest absolute Gasteiger partial charge is 0.322 e. The topological polar surface area (TPSA) is 71.0 Å². The minimum atomic E-state index is -0.531. The van der Waals surface area contributed by atoms with Gasteiger partial charge in [0.2, 0.25) is 0 Å². The van der Waals surface area contributed by atoms with Crippen LogP contribution in [0.5, 0.6) is 11.5 Å². The molecule has 3 aliphatic rings. The fourth-order valence-corrected chi connectivity index (χ4v) is 4.97. The molecule has 2 heterocycles. The second-order valence-corrected chi connectivity index (χ2v) is 8.49. The standard InChI is InChI=1S/C23H23ClN2O4/c1-29-18-7-2-14-13-26(22(28)25-16-5-3-15(24)4-6-16)11-10-23-9-8-17(27)12-19(23)30-21(18)20(14)23/h2-9,17,19,27H,10-13H2,1H3,(H,25,28)/t17-,19?,23?/m0/s1. The van der Waals surface area contributed by atoms with E-state index in [-0.39, 0.29) is 17.6 Å². The molecule has 2 amide bonds. The molecule has 30 heavy (non-hydrogen) atoms. The summed E-state index contributed by atoms with van der Waals surface area (Å²) in [7, 11) is 1.63. The zero-order valence-electron chi connectivity index (χ0n) is 16.6. The number of carbonyl (C=O) groups excluding carboxylic acids is 1. The molecule has 2 unspecified atom stereocenters. The summed E-state index contributed by atoms with van der Waals surface area (Å²) in [6, 6.07) is 10.8. The summed E-state index contributed by atoms with van der Waals surface area (Å²) in [6.45, 7) is 1.04. The number of nitrogens with one attached hydrogen (secondary N) is 1. The predicted octanol–water partition coefficient (Wildman–Crippen LogP) is 4.11. The number of hydrogen-bond donors (Lipinski definition) is 2. The summed E-state index contributed by atoms with van der Waals surface area (Å²) in [5, 5.41) is 13.8. The third kappa shape index (κ3) is 3.02. The summed E-state index contributed by atoms with van der Waals surface area (Å²) in [5.41, 5.74) is 2.45. The van der Waals surface area contributed by atoms with Gasteiger partial charge < -0.3 is 24.8 Å². The lowest BCUT2D eigenvalue weighted by molar-refractivity contribution is 0.0824. The van der Waals surface area contributed by atoms with E-state index >= 15 is 0 Å². The maximum absolute atomic E-state index is 13.0. The second kappa shape index (κ2) is 7.22. The van der Waals surface area contributed by atoms with Crippen LogP contribution in [0.3, 0.4) is 0 Å². The molecule has 7 heteroatoms. The molecule has 2 aliphatic heterocycles. The van der Waals surface area contributed by atoms with Gasteiger partial charge in [0.15, 0.2) is 11.5 Å². The normalized spacial score (nSPS) is 26.3. The number of aliphatic hydroxyl groups is 1. The molecule has 2 aromatic carbocycles. The summed E-state index contributed by atoms with van der Waals surface area (Å²) in [6.07, 6.45) is 4.44. The van der Waals surface area contributed by atoms with E-state index in [4.69, 9.17) is 21.1 Å². The number of anilines is 1. The maximum atomic E-state index is 13.0. The number of carbonyl (C=O) groups is 1. The van der Waals surface area contributed by atoms with Crippen molar-refractivity contribution in [1.29, 1.82) is 0 Å². The van der Waals surface area contributed by atoms with Crippen molar-refractivity contribution in [3.63, 3.8) is 0 Å². The minimum Gasteiger partial charge on any atom is -0.493 e. The number of benzene rings is 2. The minimum absolute atomic E-state index is 0.157. The monoisotopic (exact) mass is 426 g/mol. The molecule has 2 N–H and O–H groups in total. The van der Waals surface area contributed by atoms with E-state index in [9.17, 15) is 9.90 Å². The highest BCUT2D eigenvalue weighted by molar-refractivity contribution is 6.30. The van der Waals surface area contributed by atoms with Gasteiger partial charge in [-0.3, -0.25) is 0 Å². The fraction of sp³-hybridized carbons (Fsp3) is 0.348. The zero-order chi connectivity index (χ0) is 20.9. The molecule has 0 saturated heterocycles. The van der Waals surface area contributed by atoms with Gasteiger partial charge in [-0.1, -0.05) is 29.8 Å². The van der Waals surface area contributed by atoms with E-state index in [1.165, 1.54) is 0 Å². The van der Waals surface area contributed by atoms with Gasteiger partial charge in [-0.2, -0.15) is 0 Å². The first-order valence-corrected chi connectivity index (χ1v) is 10.4. The Labute approximate surface area is 180 Å². The van der Waals surface area contributed by atoms with Gasteiger partial charge in [0.25, 0.3) is 0 Å². The molecule has 6 nitrogen and oxygen atoms in total. The number of nitrogens with zero attached hydrogens (tertiary/aromatic N) is 1. The lowest BCUT2D eigenvalue weighted by Crippen LogP contribution is -2.43. The number of ether oxygens (including phenoxy) is 2. The Hall–Kier alpha value is -2.70. The Morgan fingerprint density at radius 3 is 2.87 bits per heavy atom. The average Bonchev–Trinajstić information content (AvgIpc) is 2.97. The number of hydrogen-bond acceptors (Lipinski definition) is 4. The van der Waals surface area contributed by atoms with Crippen molar-refractivity contribution in [2.45, 2.75) is 37.0 Å². The van der Waals surface area contributed by atoms with Gasteiger partial charge >= 0.3 is 6.03 Å². The van der Waals surface area contributed by atoms with E-state index in [0.717, 1.165) is 16.9 Å². The van der Waals surface area contributed by atoms with E-state index in [2.05, 4.69) is 11.4 Å². The Morgan fingerprint density at radius 1 is 1.30 bits per heavy atom. The van der Waals surface area contributed by atoms with Gasteiger partial charge in [-0.05, 0) is 42.3 Å². The van der Waals surface area contributed by atoms with Crippen molar-refractivity contribution in [3.05, 3.63) is 64.7 Å². The van der Waals surface area contributed by atoms with E-state index in [0.29, 0.717) is 42.4 Å². The number of aliphatic hydroxyl groups excluding tert-OH is 1. The van der Waals surface area contributed by atoms with Crippen LogP contribution in [0.4, 0.5) is 10.5 Å². The third-order valence-electron chi connectivity index (χ3n) is 6.34. The molecule has 156 valence electrons. The van der Waals surface area contributed by atoms with Gasteiger partial charge in [0, 0.05) is 35.8 Å². The van der Waals surface area contributed by atoms with Crippen molar-refractivity contribution in [1.82, 2.24) is 4.90 Å². The largest absolute Gasteiger partial charge is 0.493 e. The number of methoxy groups -OCH3 is 1. The van der Waals surface area contributed by atoms with Gasteiger partial charge in [0.1, 0.15) is 6.10 Å². The van der Waals surface area contributed by atoms with Crippen molar-refractivity contribution in [2.75, 3.05) is 19.0 Å². The zero-order valence-corrected chi connectivity index (χ0v) is 17.4. The maximum Gasteiger partial charge on any atom is 0.322 e. The highest BCUT2D eigenvalue weighted by Crippen LogP contribution is 2.55. The number of amides is 2. The average molecular weight is 427 g/mol. The molecule has 0 saturated carbocycles. The molecule has 5 rings (SSSR count). The molecule has 2 aromatic rings. The summed E-state index contributed by atoms with van der Waals surface area (Å²) in [4.78, 5) is 14.8. The number of halogens is 1. The van der Waals surface area contributed by atoms with E-state index in [1.54, 1.807) is 31.4 Å². The highest BCUT2D eigenvalue weighted by atomic mass is 35.5. The van der Waals surface area contributed by atoms with Crippen LogP contribution in [0.1, 0.15) is 24.0 Å². The first-order valence-electron chi connectivity index (χ1n) is 10.1. The number of rotatable bonds is 2. The van der Waals surface area contributed by atoms with Crippen molar-refractivity contribution < 1.29 is 19.4 Å². The second-order valence-electron chi connectivity index (χ2n) is 8.05. The van der Waals surface area contributed by atoms with Gasteiger partial charge in [-0.15, -0.1) is 0 Å². The van der Waals surface area contributed by atoms with Crippen LogP contribution in [-0.2, 0) is 12.0 Å². The van der Waals surface area contributed by atoms with Crippen molar-refractivity contribution in [2.24, 2.45) is 0 Å². The van der Waals surface area contributed by atoms with E-state index in [1.807, 2.05) is 23.1 Å². The van der Waals surface area contributed by atoms with Crippen LogP contribution < -0.4 is 14.8 Å². The quantitative estimate of drug-likeness (QED) is 0.709. The summed E-state index contributed by atoms with van der Waals surface area (Å²) < 4.78 is 11.9. The SMILES string of the molecule is COc1ccc2c3c1OC1C[C@@H](O)C=CC31CCN(C(=O)Nc1ccc(Cl)cc1)C2. The predicted molar refractivity (Wildman–Crippen MR) is 114 cm³/mol. The molecular weight excluding hydrogens is 404 g/mol.